The molecule has 29 heavy (non-hydrogen) atoms. The fraction of sp³-hybridized carbons (Fsp3) is 0.500. The number of rotatable bonds is 1. The number of hydrogen-bond donors (Lipinski definition) is 0. The summed E-state index contributed by atoms with van der Waals surface area (Å²) in [7, 11) is 0. The van der Waals surface area contributed by atoms with E-state index in [1.807, 2.05) is 22.8 Å². The third kappa shape index (κ3) is 3.33. The average Bonchev–Trinajstić information content (AvgIpc) is 3.26. The zero-order chi connectivity index (χ0) is 20.2. The number of fused-ring (bicyclic) bond motifs is 3. The van der Waals surface area contributed by atoms with Crippen LogP contribution in [0.3, 0.4) is 0 Å². The Bertz CT molecular complexity index is 956. The Morgan fingerprint density at radius 2 is 1.76 bits per heavy atom. The van der Waals surface area contributed by atoms with Gasteiger partial charge in [-0.3, -0.25) is 4.57 Å². The number of hydrogen-bond acceptors (Lipinski definition) is 4. The van der Waals surface area contributed by atoms with E-state index >= 15 is 0 Å². The zero-order valence-electron chi connectivity index (χ0n) is 15.5. The summed E-state index contributed by atoms with van der Waals surface area (Å²) in [6.07, 6.45) is 1.03. The first-order valence-corrected chi connectivity index (χ1v) is 10.4. The van der Waals surface area contributed by atoms with Gasteiger partial charge in [-0.25, -0.2) is 0 Å². The molecule has 1 aliphatic carbocycles. The van der Waals surface area contributed by atoms with Crippen LogP contribution in [0.15, 0.2) is 35.2 Å². The van der Waals surface area contributed by atoms with Crippen LogP contribution >= 0.6 is 15.9 Å². The van der Waals surface area contributed by atoms with E-state index in [4.69, 9.17) is 9.47 Å². The monoisotopic (exact) mass is 469 g/mol. The maximum atomic E-state index is 13.1. The molecule has 0 atom stereocenters. The number of halogens is 4. The normalized spacial score (nSPS) is 25.1. The molecule has 9 heteroatoms. The average molecular weight is 470 g/mol. The summed E-state index contributed by atoms with van der Waals surface area (Å²) >= 11 is 3.52. The van der Waals surface area contributed by atoms with E-state index in [0.717, 1.165) is 21.5 Å². The first kappa shape index (κ1) is 19.0. The molecule has 0 saturated heterocycles. The molecule has 1 aromatic carbocycles. The van der Waals surface area contributed by atoms with Crippen LogP contribution in [-0.2, 0) is 22.3 Å². The molecule has 0 N–H and O–H groups in total. The van der Waals surface area contributed by atoms with Crippen molar-refractivity contribution < 1.29 is 22.6 Å². The summed E-state index contributed by atoms with van der Waals surface area (Å²) < 4.78 is 53.7. The number of alkyl halides is 3. The largest absolute Gasteiger partial charge is 0.456 e. The molecule has 1 fully saturated rings. The van der Waals surface area contributed by atoms with Crippen molar-refractivity contribution >= 4 is 15.9 Å². The standard InChI is InChI=1S/C20H19BrF3N3O2/c21-15-5-6-16-13(9-15)10-19(28-7-8-29-19)11-17-25-26-18(27(16)17)12-1-3-14(4-2-12)20(22,23)24/h5-9,12,14H,1-4,10-11H2. The smallest absolute Gasteiger partial charge is 0.391 e. The van der Waals surface area contributed by atoms with E-state index < -0.39 is 17.9 Å². The minimum atomic E-state index is -4.12. The van der Waals surface area contributed by atoms with Gasteiger partial charge >= 0.3 is 6.18 Å². The van der Waals surface area contributed by atoms with Crippen molar-refractivity contribution in [3.63, 3.8) is 0 Å². The molecule has 2 aliphatic heterocycles. The van der Waals surface area contributed by atoms with Crippen LogP contribution in [0.2, 0.25) is 0 Å². The highest BCUT2D eigenvalue weighted by Crippen LogP contribution is 2.44. The van der Waals surface area contributed by atoms with Gasteiger partial charge < -0.3 is 9.47 Å². The second-order valence-electron chi connectivity index (χ2n) is 7.95. The molecule has 2 aromatic rings. The topological polar surface area (TPSA) is 49.2 Å². The van der Waals surface area contributed by atoms with E-state index in [-0.39, 0.29) is 18.8 Å². The van der Waals surface area contributed by atoms with Gasteiger partial charge in [0, 0.05) is 10.4 Å². The van der Waals surface area contributed by atoms with Gasteiger partial charge in [-0.1, -0.05) is 15.9 Å². The lowest BCUT2D eigenvalue weighted by Crippen LogP contribution is -2.35. The maximum Gasteiger partial charge on any atom is 0.391 e. The molecule has 3 aliphatic rings. The van der Waals surface area contributed by atoms with Gasteiger partial charge in [0.05, 0.1) is 24.4 Å². The number of nitrogens with zero attached hydrogens (tertiary/aromatic N) is 3. The molecule has 0 bridgehead atoms. The number of aromatic nitrogens is 3. The minimum Gasteiger partial charge on any atom is -0.456 e. The van der Waals surface area contributed by atoms with Gasteiger partial charge in [-0.05, 0) is 49.4 Å². The fourth-order valence-corrected chi connectivity index (χ4v) is 5.06. The molecule has 3 heterocycles. The van der Waals surface area contributed by atoms with Crippen LogP contribution in [0.4, 0.5) is 13.2 Å². The van der Waals surface area contributed by atoms with E-state index in [1.165, 1.54) is 12.5 Å². The Labute approximate surface area is 174 Å². The molecular weight excluding hydrogens is 451 g/mol. The molecule has 0 radical (unpaired) electrons. The summed E-state index contributed by atoms with van der Waals surface area (Å²) in [6.45, 7) is 0. The van der Waals surface area contributed by atoms with Crippen LogP contribution in [-0.4, -0.2) is 26.7 Å². The summed E-state index contributed by atoms with van der Waals surface area (Å²) in [6, 6.07) is 5.94. The van der Waals surface area contributed by atoms with E-state index in [1.54, 1.807) is 0 Å². The highest BCUT2D eigenvalue weighted by atomic mass is 79.9. The molecule has 154 valence electrons. The van der Waals surface area contributed by atoms with Gasteiger partial charge in [0.1, 0.15) is 24.2 Å². The second-order valence-corrected chi connectivity index (χ2v) is 8.86. The van der Waals surface area contributed by atoms with Crippen molar-refractivity contribution in [3.8, 4) is 5.69 Å². The fourth-order valence-electron chi connectivity index (χ4n) is 4.66. The molecule has 1 aromatic heterocycles. The van der Waals surface area contributed by atoms with Crippen LogP contribution in [0.25, 0.3) is 5.69 Å². The van der Waals surface area contributed by atoms with Crippen LogP contribution in [0.5, 0.6) is 0 Å². The van der Waals surface area contributed by atoms with Crippen molar-refractivity contribution in [1.82, 2.24) is 14.8 Å². The Morgan fingerprint density at radius 3 is 2.45 bits per heavy atom. The van der Waals surface area contributed by atoms with Crippen LogP contribution in [0, 0.1) is 5.92 Å². The Kier molecular flexibility index (Phi) is 4.42. The van der Waals surface area contributed by atoms with Gasteiger partial charge in [0.15, 0.2) is 0 Å². The molecular formula is C20H19BrF3N3O2. The quantitative estimate of drug-likeness (QED) is 0.577. The summed E-state index contributed by atoms with van der Waals surface area (Å²) in [5.74, 6) is -0.718. The molecule has 5 rings (SSSR count). The van der Waals surface area contributed by atoms with Crippen molar-refractivity contribution in [3.05, 3.63) is 52.4 Å². The number of ether oxygens (including phenoxy) is 2. The maximum absolute atomic E-state index is 13.1. The lowest BCUT2D eigenvalue weighted by molar-refractivity contribution is -0.182. The van der Waals surface area contributed by atoms with Crippen molar-refractivity contribution in [2.75, 3.05) is 0 Å². The van der Waals surface area contributed by atoms with Crippen molar-refractivity contribution in [2.45, 2.75) is 56.4 Å². The highest BCUT2D eigenvalue weighted by Gasteiger charge is 2.45. The first-order valence-electron chi connectivity index (χ1n) is 9.65. The Morgan fingerprint density at radius 1 is 1.03 bits per heavy atom. The Hall–Kier alpha value is -2.03. The van der Waals surface area contributed by atoms with Gasteiger partial charge in [-0.15, -0.1) is 10.2 Å². The molecule has 0 amide bonds. The van der Waals surface area contributed by atoms with Gasteiger partial charge in [-0.2, -0.15) is 13.2 Å². The van der Waals surface area contributed by atoms with E-state index in [9.17, 15) is 13.2 Å². The SMILES string of the molecule is FC(F)(F)C1CCC(c2nnc3n2-c2ccc(Br)cc2CC2(C3)OC=CO2)CC1. The van der Waals surface area contributed by atoms with Crippen molar-refractivity contribution in [2.24, 2.45) is 5.92 Å². The van der Waals surface area contributed by atoms with Gasteiger partial charge in [0.2, 0.25) is 0 Å². The molecule has 1 saturated carbocycles. The van der Waals surface area contributed by atoms with Crippen LogP contribution in [0.1, 0.15) is 48.8 Å². The first-order chi connectivity index (χ1) is 13.8. The Balaban J connectivity index is 1.53. The molecule has 5 nitrogen and oxygen atoms in total. The van der Waals surface area contributed by atoms with E-state index in [0.29, 0.717) is 31.5 Å². The number of benzene rings is 1. The zero-order valence-corrected chi connectivity index (χ0v) is 17.0. The third-order valence-corrected chi connectivity index (χ3v) is 6.59. The predicted octanol–water partition coefficient (Wildman–Crippen LogP) is 5.18. The highest BCUT2D eigenvalue weighted by molar-refractivity contribution is 9.10. The second kappa shape index (κ2) is 6.75. The summed E-state index contributed by atoms with van der Waals surface area (Å²) in [5, 5.41) is 8.81. The van der Waals surface area contributed by atoms with Gasteiger partial charge in [0.25, 0.3) is 5.79 Å². The minimum absolute atomic E-state index is 0.0519. The summed E-state index contributed by atoms with van der Waals surface area (Å²) in [5.41, 5.74) is 1.93. The summed E-state index contributed by atoms with van der Waals surface area (Å²) in [4.78, 5) is 0. The van der Waals surface area contributed by atoms with Crippen molar-refractivity contribution in [1.29, 1.82) is 0 Å². The lowest BCUT2D eigenvalue weighted by atomic mass is 9.81. The molecule has 0 unspecified atom stereocenters. The van der Waals surface area contributed by atoms with Crippen LogP contribution < -0.4 is 0 Å². The predicted molar refractivity (Wildman–Crippen MR) is 101 cm³/mol. The van der Waals surface area contributed by atoms with E-state index in [2.05, 4.69) is 26.1 Å². The lowest BCUT2D eigenvalue weighted by Gasteiger charge is -2.29. The third-order valence-electron chi connectivity index (χ3n) is 6.10. The molecule has 1 spiro atoms.